The van der Waals surface area contributed by atoms with Gasteiger partial charge in [-0.2, -0.15) is 0 Å². The van der Waals surface area contributed by atoms with Crippen molar-refractivity contribution in [2.75, 3.05) is 26.3 Å². The fraction of sp³-hybridized carbons (Fsp3) is 0.909. The van der Waals surface area contributed by atoms with E-state index in [4.69, 9.17) is 9.47 Å². The van der Waals surface area contributed by atoms with E-state index in [1.54, 1.807) is 0 Å². The van der Waals surface area contributed by atoms with Gasteiger partial charge in [0.1, 0.15) is 0 Å². The molecule has 0 radical (unpaired) electrons. The molecular formula is C11H21NO3. The Labute approximate surface area is 91.5 Å². The molecule has 1 aliphatic heterocycles. The SMILES string of the molecule is CCOC(=O)CCN1CC(C)OCC1C. The highest BCUT2D eigenvalue weighted by Crippen LogP contribution is 2.11. The number of ether oxygens (including phenoxy) is 2. The van der Waals surface area contributed by atoms with E-state index in [0.717, 1.165) is 19.7 Å². The van der Waals surface area contributed by atoms with Crippen molar-refractivity contribution in [1.82, 2.24) is 4.90 Å². The van der Waals surface area contributed by atoms with Crippen LogP contribution in [0.2, 0.25) is 0 Å². The molecule has 0 aromatic carbocycles. The van der Waals surface area contributed by atoms with Gasteiger partial charge in [-0.25, -0.2) is 0 Å². The van der Waals surface area contributed by atoms with Crippen LogP contribution in [0.5, 0.6) is 0 Å². The van der Waals surface area contributed by atoms with E-state index in [1.165, 1.54) is 0 Å². The third-order valence-corrected chi connectivity index (χ3v) is 2.65. The van der Waals surface area contributed by atoms with Gasteiger partial charge < -0.3 is 9.47 Å². The van der Waals surface area contributed by atoms with Gasteiger partial charge in [0, 0.05) is 19.1 Å². The maximum Gasteiger partial charge on any atom is 0.307 e. The Kier molecular flexibility index (Phi) is 5.05. The fourth-order valence-electron chi connectivity index (χ4n) is 1.75. The van der Waals surface area contributed by atoms with Crippen molar-refractivity contribution in [2.45, 2.75) is 39.3 Å². The van der Waals surface area contributed by atoms with Crippen LogP contribution in [0.1, 0.15) is 27.2 Å². The summed E-state index contributed by atoms with van der Waals surface area (Å²) >= 11 is 0. The number of hydrogen-bond donors (Lipinski definition) is 0. The second-order valence-electron chi connectivity index (χ2n) is 4.04. The fourth-order valence-corrected chi connectivity index (χ4v) is 1.75. The van der Waals surface area contributed by atoms with Crippen molar-refractivity contribution in [2.24, 2.45) is 0 Å². The molecule has 0 N–H and O–H groups in total. The molecule has 4 heteroatoms. The topological polar surface area (TPSA) is 38.8 Å². The summed E-state index contributed by atoms with van der Waals surface area (Å²) in [5.41, 5.74) is 0. The minimum absolute atomic E-state index is 0.108. The summed E-state index contributed by atoms with van der Waals surface area (Å²) in [6.45, 7) is 8.91. The first-order chi connectivity index (χ1) is 7.13. The van der Waals surface area contributed by atoms with Gasteiger partial charge in [-0.3, -0.25) is 9.69 Å². The Bertz CT molecular complexity index is 208. The second-order valence-corrected chi connectivity index (χ2v) is 4.04. The Morgan fingerprint density at radius 1 is 1.53 bits per heavy atom. The quantitative estimate of drug-likeness (QED) is 0.657. The lowest BCUT2D eigenvalue weighted by Crippen LogP contribution is -2.47. The van der Waals surface area contributed by atoms with Crippen molar-refractivity contribution in [3.05, 3.63) is 0 Å². The summed E-state index contributed by atoms with van der Waals surface area (Å²) < 4.78 is 10.4. The zero-order chi connectivity index (χ0) is 11.3. The maximum atomic E-state index is 11.2. The molecule has 15 heavy (non-hydrogen) atoms. The van der Waals surface area contributed by atoms with Gasteiger partial charge >= 0.3 is 5.97 Å². The van der Waals surface area contributed by atoms with Crippen LogP contribution in [-0.2, 0) is 14.3 Å². The van der Waals surface area contributed by atoms with Gasteiger partial charge in [0.05, 0.1) is 25.7 Å². The molecule has 1 aliphatic rings. The maximum absolute atomic E-state index is 11.2. The Balaban J connectivity index is 2.27. The number of rotatable bonds is 4. The number of nitrogens with zero attached hydrogens (tertiary/aromatic N) is 1. The van der Waals surface area contributed by atoms with Crippen molar-refractivity contribution >= 4 is 5.97 Å². The molecule has 1 saturated heterocycles. The minimum atomic E-state index is -0.108. The highest BCUT2D eigenvalue weighted by Gasteiger charge is 2.23. The van der Waals surface area contributed by atoms with E-state index in [0.29, 0.717) is 19.1 Å². The number of carbonyl (C=O) groups is 1. The third-order valence-electron chi connectivity index (χ3n) is 2.65. The Hall–Kier alpha value is -0.610. The van der Waals surface area contributed by atoms with Crippen LogP contribution in [0, 0.1) is 0 Å². The van der Waals surface area contributed by atoms with Gasteiger partial charge in [-0.1, -0.05) is 0 Å². The lowest BCUT2D eigenvalue weighted by Gasteiger charge is -2.36. The molecule has 0 amide bonds. The number of carbonyl (C=O) groups excluding carboxylic acids is 1. The number of esters is 1. The van der Waals surface area contributed by atoms with Gasteiger partial charge in [-0.15, -0.1) is 0 Å². The normalized spacial score (nSPS) is 27.7. The average molecular weight is 215 g/mol. The Morgan fingerprint density at radius 3 is 2.93 bits per heavy atom. The monoisotopic (exact) mass is 215 g/mol. The molecule has 0 aromatic heterocycles. The molecule has 1 fully saturated rings. The van der Waals surface area contributed by atoms with Crippen LogP contribution in [0.4, 0.5) is 0 Å². The van der Waals surface area contributed by atoms with Crippen LogP contribution in [0.15, 0.2) is 0 Å². The summed E-state index contributed by atoms with van der Waals surface area (Å²) in [4.78, 5) is 13.5. The highest BCUT2D eigenvalue weighted by molar-refractivity contribution is 5.69. The number of morpholine rings is 1. The predicted octanol–water partition coefficient (Wildman–Crippen LogP) is 1.05. The van der Waals surface area contributed by atoms with Crippen LogP contribution < -0.4 is 0 Å². The minimum Gasteiger partial charge on any atom is -0.466 e. The molecule has 4 nitrogen and oxygen atoms in total. The lowest BCUT2D eigenvalue weighted by molar-refractivity contribution is -0.144. The van der Waals surface area contributed by atoms with E-state index in [-0.39, 0.29) is 12.1 Å². The van der Waals surface area contributed by atoms with Crippen molar-refractivity contribution in [3.8, 4) is 0 Å². The molecule has 0 aromatic rings. The second kappa shape index (κ2) is 6.08. The van der Waals surface area contributed by atoms with Crippen LogP contribution in [0.25, 0.3) is 0 Å². The molecule has 2 unspecified atom stereocenters. The third kappa shape index (κ3) is 4.18. The zero-order valence-electron chi connectivity index (χ0n) is 9.86. The van der Waals surface area contributed by atoms with Gasteiger partial charge in [0.15, 0.2) is 0 Å². The summed E-state index contributed by atoms with van der Waals surface area (Å²) in [6.07, 6.45) is 0.744. The van der Waals surface area contributed by atoms with Gasteiger partial charge in [0.25, 0.3) is 0 Å². The lowest BCUT2D eigenvalue weighted by atomic mass is 10.2. The van der Waals surface area contributed by atoms with Crippen molar-refractivity contribution in [3.63, 3.8) is 0 Å². The van der Waals surface area contributed by atoms with Gasteiger partial charge in [0.2, 0.25) is 0 Å². The zero-order valence-corrected chi connectivity index (χ0v) is 9.86. The van der Waals surface area contributed by atoms with Crippen molar-refractivity contribution in [1.29, 1.82) is 0 Å². The molecule has 0 spiro atoms. The molecule has 1 heterocycles. The van der Waals surface area contributed by atoms with Crippen LogP contribution in [0.3, 0.4) is 0 Å². The molecule has 88 valence electrons. The van der Waals surface area contributed by atoms with Gasteiger partial charge in [-0.05, 0) is 20.8 Å². The molecule has 0 saturated carbocycles. The predicted molar refractivity (Wildman–Crippen MR) is 57.7 cm³/mol. The average Bonchev–Trinajstić information content (AvgIpc) is 2.20. The summed E-state index contributed by atoms with van der Waals surface area (Å²) in [5, 5.41) is 0. The molecule has 1 rings (SSSR count). The molecule has 2 atom stereocenters. The summed E-state index contributed by atoms with van der Waals surface area (Å²) in [6, 6.07) is 0.399. The first kappa shape index (κ1) is 12.5. The smallest absolute Gasteiger partial charge is 0.307 e. The first-order valence-electron chi connectivity index (χ1n) is 5.64. The standard InChI is InChI=1S/C11H21NO3/c1-4-14-11(13)5-6-12-7-10(3)15-8-9(12)2/h9-10H,4-8H2,1-3H3. The van der Waals surface area contributed by atoms with E-state index in [9.17, 15) is 4.79 Å². The summed E-state index contributed by atoms with van der Waals surface area (Å²) in [5.74, 6) is -0.108. The molecule has 0 aliphatic carbocycles. The van der Waals surface area contributed by atoms with E-state index in [1.807, 2.05) is 6.92 Å². The number of hydrogen-bond acceptors (Lipinski definition) is 4. The van der Waals surface area contributed by atoms with E-state index in [2.05, 4.69) is 18.7 Å². The van der Waals surface area contributed by atoms with Crippen LogP contribution in [-0.4, -0.2) is 49.3 Å². The summed E-state index contributed by atoms with van der Waals surface area (Å²) in [7, 11) is 0. The van der Waals surface area contributed by atoms with E-state index >= 15 is 0 Å². The highest BCUT2D eigenvalue weighted by atomic mass is 16.5. The van der Waals surface area contributed by atoms with E-state index < -0.39 is 0 Å². The van der Waals surface area contributed by atoms with Crippen LogP contribution >= 0.6 is 0 Å². The first-order valence-corrected chi connectivity index (χ1v) is 5.64. The molecule has 0 bridgehead atoms. The molecular weight excluding hydrogens is 194 g/mol. The largest absolute Gasteiger partial charge is 0.466 e. The van der Waals surface area contributed by atoms with Crippen molar-refractivity contribution < 1.29 is 14.3 Å². The Morgan fingerprint density at radius 2 is 2.27 bits per heavy atom.